The van der Waals surface area contributed by atoms with E-state index in [0.717, 1.165) is 123 Å². The molecule has 0 saturated heterocycles. The van der Waals surface area contributed by atoms with Crippen molar-refractivity contribution in [2.45, 2.75) is 66.2 Å². The van der Waals surface area contributed by atoms with Crippen molar-refractivity contribution in [3.63, 3.8) is 0 Å². The molecule has 0 unspecified atom stereocenters. The molecule has 13 aromatic carbocycles. The Balaban J connectivity index is 0.689. The van der Waals surface area contributed by atoms with Gasteiger partial charge in [-0.2, -0.15) is 0 Å². The lowest BCUT2D eigenvalue weighted by Crippen LogP contribution is -2.16. The molecule has 19 rings (SSSR count). The van der Waals surface area contributed by atoms with E-state index in [1.807, 2.05) is 24.3 Å². The number of anilines is 6. The third-order valence-electron chi connectivity index (χ3n) is 21.2. The third-order valence-corrected chi connectivity index (χ3v) is 21.2. The largest absolute Gasteiger partial charge is 0.456 e. The minimum absolute atomic E-state index is 0.294. The number of furan rings is 4. The molecule has 0 spiro atoms. The Labute approximate surface area is 568 Å². The van der Waals surface area contributed by atoms with E-state index in [2.05, 4.69) is 308 Å². The van der Waals surface area contributed by atoms with E-state index >= 15 is 0 Å². The van der Waals surface area contributed by atoms with Crippen molar-refractivity contribution in [1.29, 1.82) is 0 Å². The minimum Gasteiger partial charge on any atom is -0.456 e. The molecular weight excluding hydrogens is 1200 g/mol. The average Bonchev–Trinajstić information content (AvgIpc) is 1.57. The highest BCUT2D eigenvalue weighted by Crippen LogP contribution is 2.55. The Bertz CT molecular complexity index is 5700. The van der Waals surface area contributed by atoms with Crippen LogP contribution < -0.4 is 9.80 Å². The SMILES string of the molecule is Cc1cc(C)cc(-c2ccc(N(c3ccc4c(c3)C(C)(C)c3cc(-c5cc6ccccc6o5)ccc3-4)c3ccc4c(c3)oc3cc5c(cc34)oc3cc(N(c4ccc(-c6cc(C)cc(C)c6)cc4)c4ccc6c(c4)C(C)(C)c4cc(-c7cc8ccccc8o7)ccc4-6)ccc35)cc2)c1. The molecule has 0 bridgehead atoms. The number of hydrogen-bond donors (Lipinski definition) is 0. The highest BCUT2D eigenvalue weighted by Gasteiger charge is 2.39. The van der Waals surface area contributed by atoms with Gasteiger partial charge in [-0.15, -0.1) is 0 Å². The summed E-state index contributed by atoms with van der Waals surface area (Å²) in [6.45, 7) is 18.1. The number of hydrogen-bond acceptors (Lipinski definition) is 6. The Morgan fingerprint density at radius 3 is 0.959 bits per heavy atom. The lowest BCUT2D eigenvalue weighted by Gasteiger charge is -2.28. The zero-order valence-electron chi connectivity index (χ0n) is 55.9. The van der Waals surface area contributed by atoms with Crippen LogP contribution in [0.5, 0.6) is 0 Å². The van der Waals surface area contributed by atoms with E-state index in [-0.39, 0.29) is 10.8 Å². The lowest BCUT2D eigenvalue weighted by atomic mass is 9.81. The molecule has 0 atom stereocenters. The van der Waals surface area contributed by atoms with Gasteiger partial charge in [-0.25, -0.2) is 0 Å². The maximum absolute atomic E-state index is 7.02. The molecule has 98 heavy (non-hydrogen) atoms. The van der Waals surface area contributed by atoms with Crippen molar-refractivity contribution in [3.05, 3.63) is 311 Å². The van der Waals surface area contributed by atoms with E-state index in [0.29, 0.717) is 0 Å². The van der Waals surface area contributed by atoms with Gasteiger partial charge in [0.25, 0.3) is 0 Å². The van der Waals surface area contributed by atoms with Crippen molar-refractivity contribution < 1.29 is 17.7 Å². The van der Waals surface area contributed by atoms with Crippen LogP contribution in [0, 0.1) is 27.7 Å². The number of aryl methyl sites for hydroxylation is 4. The first-order valence-corrected chi connectivity index (χ1v) is 34.0. The number of benzene rings is 13. The summed E-state index contributed by atoms with van der Waals surface area (Å²) in [6.07, 6.45) is 0. The number of nitrogens with zero attached hydrogens (tertiary/aromatic N) is 2. The van der Waals surface area contributed by atoms with E-state index < -0.39 is 0 Å². The first kappa shape index (κ1) is 57.6. The van der Waals surface area contributed by atoms with Crippen molar-refractivity contribution in [2.75, 3.05) is 9.80 Å². The van der Waals surface area contributed by atoms with E-state index in [1.165, 1.54) is 89.0 Å². The molecule has 0 radical (unpaired) electrons. The van der Waals surface area contributed by atoms with E-state index in [9.17, 15) is 0 Å². The Morgan fingerprint density at radius 1 is 0.235 bits per heavy atom. The van der Waals surface area contributed by atoms with Crippen molar-refractivity contribution in [2.24, 2.45) is 0 Å². The second kappa shape index (κ2) is 21.3. The summed E-state index contributed by atoms with van der Waals surface area (Å²) in [5.41, 5.74) is 32.6. The standard InChI is InChI=1S/C92H68N2O4/c1-53-37-54(2)40-63(39-53)57-17-23-65(24-18-57)93(67-27-33-73-71-31-21-61(43-79(71)91(5,6)81(73)47-67)85-45-59-13-9-11-15-83(59)95-85)69-29-35-75-77-51-90-78(52-89(77)97-87(75)49-69)76-36-30-70(50-88(76)98-90)94(66-25-19-58(20-26-66)64-41-55(3)38-56(4)42-64)68-28-34-74-72-32-22-62(44-80(72)92(7,8)82(74)48-68)86-46-60-14-10-12-16-84(60)96-86/h9-52H,1-8H3. The predicted octanol–water partition coefficient (Wildman–Crippen LogP) is 26.4. The molecule has 0 saturated carbocycles. The fourth-order valence-electron chi connectivity index (χ4n) is 16.4. The zero-order valence-corrected chi connectivity index (χ0v) is 55.9. The van der Waals surface area contributed by atoms with Crippen molar-refractivity contribution in [1.82, 2.24) is 0 Å². The summed E-state index contributed by atoms with van der Waals surface area (Å²) in [4.78, 5) is 4.75. The van der Waals surface area contributed by atoms with Crippen LogP contribution in [0.3, 0.4) is 0 Å². The molecule has 0 amide bonds. The van der Waals surface area contributed by atoms with Gasteiger partial charge in [0.2, 0.25) is 0 Å². The number of para-hydroxylation sites is 2. The molecule has 4 heterocycles. The molecular formula is C92H68N2O4. The first-order valence-electron chi connectivity index (χ1n) is 34.0. The van der Waals surface area contributed by atoms with Crippen LogP contribution in [0.4, 0.5) is 34.1 Å². The molecule has 6 heteroatoms. The molecule has 470 valence electrons. The van der Waals surface area contributed by atoms with Crippen LogP contribution in [-0.4, -0.2) is 0 Å². The fourth-order valence-corrected chi connectivity index (χ4v) is 16.4. The second-order valence-corrected chi connectivity index (χ2v) is 28.5. The van der Waals surface area contributed by atoms with Gasteiger partial charge in [0.1, 0.15) is 45.0 Å². The first-order chi connectivity index (χ1) is 47.6. The van der Waals surface area contributed by atoms with Gasteiger partial charge in [0.15, 0.2) is 0 Å². The van der Waals surface area contributed by atoms with Crippen LogP contribution in [0.1, 0.15) is 72.2 Å². The number of rotatable bonds is 10. The highest BCUT2D eigenvalue weighted by atomic mass is 16.3. The lowest BCUT2D eigenvalue weighted by molar-refractivity contribution is 0.629. The van der Waals surface area contributed by atoms with Crippen LogP contribution in [0.2, 0.25) is 0 Å². The maximum atomic E-state index is 7.02. The molecule has 0 fully saturated rings. The minimum atomic E-state index is -0.294. The Hall–Kier alpha value is -11.9. The maximum Gasteiger partial charge on any atom is 0.137 e. The summed E-state index contributed by atoms with van der Waals surface area (Å²) < 4.78 is 26.8. The van der Waals surface area contributed by atoms with Crippen LogP contribution >= 0.6 is 0 Å². The van der Waals surface area contributed by atoms with Crippen molar-refractivity contribution >= 4 is 99.9 Å². The van der Waals surface area contributed by atoms with Gasteiger partial charge in [0, 0.05) is 101 Å². The molecule has 0 aliphatic heterocycles. The summed E-state index contributed by atoms with van der Waals surface area (Å²) >= 11 is 0. The van der Waals surface area contributed by atoms with E-state index in [4.69, 9.17) is 17.7 Å². The molecule has 4 aromatic heterocycles. The number of fused-ring (bicyclic) bond motifs is 14. The van der Waals surface area contributed by atoms with Crippen LogP contribution in [0.15, 0.2) is 285 Å². The summed E-state index contributed by atoms with van der Waals surface area (Å²) in [6, 6.07) is 97.5. The van der Waals surface area contributed by atoms with Crippen LogP contribution in [0.25, 0.3) is 133 Å². The molecule has 2 aliphatic rings. The van der Waals surface area contributed by atoms with Gasteiger partial charge >= 0.3 is 0 Å². The monoisotopic (exact) mass is 1260 g/mol. The van der Waals surface area contributed by atoms with Gasteiger partial charge < -0.3 is 27.5 Å². The second-order valence-electron chi connectivity index (χ2n) is 28.5. The van der Waals surface area contributed by atoms with Crippen LogP contribution in [-0.2, 0) is 10.8 Å². The highest BCUT2D eigenvalue weighted by molar-refractivity contribution is 6.16. The molecule has 17 aromatic rings. The fraction of sp³-hybridized carbons (Fsp3) is 0.109. The smallest absolute Gasteiger partial charge is 0.137 e. The normalized spacial score (nSPS) is 13.5. The quantitative estimate of drug-likeness (QED) is 0.136. The summed E-state index contributed by atoms with van der Waals surface area (Å²) in [7, 11) is 0. The third kappa shape index (κ3) is 9.15. The topological polar surface area (TPSA) is 59.0 Å². The van der Waals surface area contributed by atoms with Gasteiger partial charge in [0.05, 0.1) is 0 Å². The Kier molecular flexibility index (Phi) is 12.5. The van der Waals surface area contributed by atoms with Gasteiger partial charge in [-0.05, 0) is 216 Å². The van der Waals surface area contributed by atoms with Gasteiger partial charge in [-0.3, -0.25) is 0 Å². The molecule has 6 nitrogen and oxygen atoms in total. The van der Waals surface area contributed by atoms with Crippen molar-refractivity contribution in [3.8, 4) is 67.2 Å². The summed E-state index contributed by atoms with van der Waals surface area (Å²) in [5, 5.41) is 6.24. The van der Waals surface area contributed by atoms with Gasteiger partial charge in [-0.1, -0.05) is 183 Å². The Morgan fingerprint density at radius 2 is 0.561 bits per heavy atom. The zero-order chi connectivity index (χ0) is 66.0. The molecule has 0 N–H and O–H groups in total. The predicted molar refractivity (Wildman–Crippen MR) is 406 cm³/mol. The molecule has 2 aliphatic carbocycles. The van der Waals surface area contributed by atoms with E-state index in [1.54, 1.807) is 0 Å². The summed E-state index contributed by atoms with van der Waals surface area (Å²) in [5.74, 6) is 1.75. The average molecular weight is 1270 g/mol.